The summed E-state index contributed by atoms with van der Waals surface area (Å²) < 4.78 is 0. The predicted molar refractivity (Wildman–Crippen MR) is 111 cm³/mol. The van der Waals surface area contributed by atoms with E-state index < -0.39 is 0 Å². The van der Waals surface area contributed by atoms with E-state index in [0.29, 0.717) is 36.8 Å². The Morgan fingerprint density at radius 3 is 2.61 bits per heavy atom. The fourth-order valence-corrected chi connectivity index (χ4v) is 3.20. The van der Waals surface area contributed by atoms with Gasteiger partial charge in [0.15, 0.2) is 0 Å². The minimum absolute atomic E-state index is 0.0381. The average Bonchev–Trinajstić information content (AvgIpc) is 2.67. The van der Waals surface area contributed by atoms with Crippen molar-refractivity contribution in [3.8, 4) is 0 Å². The van der Waals surface area contributed by atoms with Gasteiger partial charge < -0.3 is 15.5 Å². The van der Waals surface area contributed by atoms with Crippen molar-refractivity contribution >= 4 is 23.4 Å². The van der Waals surface area contributed by atoms with Gasteiger partial charge >= 0.3 is 0 Å². The second kappa shape index (κ2) is 10.2. The fraction of sp³-hybridized carbons (Fsp3) is 0.591. The van der Waals surface area contributed by atoms with E-state index in [1.165, 1.54) is 0 Å². The highest BCUT2D eigenvalue weighted by molar-refractivity contribution is 5.97. The molecule has 1 heterocycles. The molecule has 0 aliphatic carbocycles. The summed E-state index contributed by atoms with van der Waals surface area (Å²) in [6.45, 7) is 9.68. The molecule has 3 amide bonds. The number of piperidine rings is 1. The molecule has 1 saturated heterocycles. The van der Waals surface area contributed by atoms with Gasteiger partial charge in [-0.1, -0.05) is 33.8 Å². The Kier molecular flexibility index (Phi) is 8.03. The van der Waals surface area contributed by atoms with Crippen molar-refractivity contribution in [3.63, 3.8) is 0 Å². The van der Waals surface area contributed by atoms with Crippen LogP contribution in [0.15, 0.2) is 24.3 Å². The number of carbonyl (C=O) groups excluding carboxylic acids is 3. The molecule has 0 unspecified atom stereocenters. The zero-order valence-electron chi connectivity index (χ0n) is 17.5. The average molecular weight is 388 g/mol. The van der Waals surface area contributed by atoms with Gasteiger partial charge in [0, 0.05) is 36.8 Å². The molecule has 6 heteroatoms. The first-order valence-electron chi connectivity index (χ1n) is 10.3. The highest BCUT2D eigenvalue weighted by Crippen LogP contribution is 2.20. The van der Waals surface area contributed by atoms with Gasteiger partial charge in [0.05, 0.1) is 5.92 Å². The first-order valence-corrected chi connectivity index (χ1v) is 10.3. The lowest BCUT2D eigenvalue weighted by atomic mass is 9.96. The minimum Gasteiger partial charge on any atom is -0.356 e. The van der Waals surface area contributed by atoms with Crippen LogP contribution in [0.4, 0.5) is 5.69 Å². The molecule has 2 rings (SSSR count). The number of rotatable bonds is 7. The summed E-state index contributed by atoms with van der Waals surface area (Å²) in [7, 11) is 0. The molecule has 1 aliphatic rings. The molecule has 154 valence electrons. The van der Waals surface area contributed by atoms with Crippen LogP contribution in [0.3, 0.4) is 0 Å². The van der Waals surface area contributed by atoms with Crippen LogP contribution >= 0.6 is 0 Å². The quantitative estimate of drug-likeness (QED) is 0.753. The number of anilines is 1. The molecule has 1 atom stereocenters. The normalized spacial score (nSPS) is 16.9. The molecule has 0 spiro atoms. The van der Waals surface area contributed by atoms with E-state index in [4.69, 9.17) is 0 Å². The highest BCUT2D eigenvalue weighted by atomic mass is 16.2. The van der Waals surface area contributed by atoms with Crippen LogP contribution in [-0.2, 0) is 9.59 Å². The zero-order chi connectivity index (χ0) is 20.7. The van der Waals surface area contributed by atoms with Gasteiger partial charge in [0.25, 0.3) is 5.91 Å². The molecule has 1 aromatic rings. The van der Waals surface area contributed by atoms with Crippen molar-refractivity contribution in [1.82, 2.24) is 10.2 Å². The number of amides is 3. The third kappa shape index (κ3) is 6.36. The zero-order valence-corrected chi connectivity index (χ0v) is 17.5. The number of carbonyl (C=O) groups is 3. The van der Waals surface area contributed by atoms with E-state index in [2.05, 4.69) is 24.5 Å². The number of likely N-dealkylation sites (tertiary alicyclic amines) is 1. The summed E-state index contributed by atoms with van der Waals surface area (Å²) in [5, 5.41) is 5.82. The van der Waals surface area contributed by atoms with E-state index in [1.54, 1.807) is 29.2 Å². The topological polar surface area (TPSA) is 78.5 Å². The second-order valence-corrected chi connectivity index (χ2v) is 8.29. The number of nitrogens with zero attached hydrogens (tertiary/aromatic N) is 1. The van der Waals surface area contributed by atoms with Crippen molar-refractivity contribution in [3.05, 3.63) is 29.8 Å². The summed E-state index contributed by atoms with van der Waals surface area (Å²) in [6.07, 6.45) is 2.58. The monoisotopic (exact) mass is 387 g/mol. The van der Waals surface area contributed by atoms with Crippen LogP contribution in [0.1, 0.15) is 57.3 Å². The Balaban J connectivity index is 1.98. The van der Waals surface area contributed by atoms with Gasteiger partial charge in [-0.15, -0.1) is 0 Å². The van der Waals surface area contributed by atoms with Crippen molar-refractivity contribution in [2.24, 2.45) is 17.8 Å². The molecule has 1 aromatic carbocycles. The van der Waals surface area contributed by atoms with Gasteiger partial charge in [0.2, 0.25) is 11.8 Å². The maximum Gasteiger partial charge on any atom is 0.253 e. The maximum atomic E-state index is 12.9. The van der Waals surface area contributed by atoms with E-state index in [9.17, 15) is 14.4 Å². The lowest BCUT2D eigenvalue weighted by molar-refractivity contribution is -0.126. The number of nitrogens with one attached hydrogen (secondary N) is 2. The van der Waals surface area contributed by atoms with Crippen LogP contribution in [0.25, 0.3) is 0 Å². The second-order valence-electron chi connectivity index (χ2n) is 8.29. The van der Waals surface area contributed by atoms with Crippen molar-refractivity contribution in [2.75, 3.05) is 25.0 Å². The maximum absolute atomic E-state index is 12.9. The molecule has 1 aliphatic heterocycles. The smallest absolute Gasteiger partial charge is 0.253 e. The van der Waals surface area contributed by atoms with Crippen LogP contribution in [-0.4, -0.2) is 42.3 Å². The van der Waals surface area contributed by atoms with Crippen molar-refractivity contribution < 1.29 is 14.4 Å². The summed E-state index contributed by atoms with van der Waals surface area (Å²) in [5.74, 6) is 0.121. The molecule has 0 saturated carbocycles. The SMILES string of the molecule is CC(C)CCNC(=O)[C@H]1CCCN(C(=O)c2cccc(NC(=O)C(C)C)c2)C1. The van der Waals surface area contributed by atoms with Gasteiger partial charge in [-0.05, 0) is 43.4 Å². The highest BCUT2D eigenvalue weighted by Gasteiger charge is 2.29. The van der Waals surface area contributed by atoms with E-state index >= 15 is 0 Å². The molecular formula is C22H33N3O3. The first-order chi connectivity index (χ1) is 13.3. The molecule has 0 aromatic heterocycles. The summed E-state index contributed by atoms with van der Waals surface area (Å²) in [5.41, 5.74) is 1.15. The molecule has 1 fully saturated rings. The Bertz CT molecular complexity index is 700. The van der Waals surface area contributed by atoms with Gasteiger partial charge in [-0.25, -0.2) is 0 Å². The van der Waals surface area contributed by atoms with Gasteiger partial charge in [0.1, 0.15) is 0 Å². The van der Waals surface area contributed by atoms with Crippen LogP contribution in [0.5, 0.6) is 0 Å². The number of hydrogen-bond donors (Lipinski definition) is 2. The summed E-state index contributed by atoms with van der Waals surface area (Å²) in [4.78, 5) is 39.0. The van der Waals surface area contributed by atoms with E-state index in [-0.39, 0.29) is 29.6 Å². The van der Waals surface area contributed by atoms with Crippen molar-refractivity contribution in [2.45, 2.75) is 47.0 Å². The van der Waals surface area contributed by atoms with Crippen molar-refractivity contribution in [1.29, 1.82) is 0 Å². The van der Waals surface area contributed by atoms with Crippen LogP contribution in [0, 0.1) is 17.8 Å². The number of hydrogen-bond acceptors (Lipinski definition) is 3. The van der Waals surface area contributed by atoms with Gasteiger partial charge in [-0.2, -0.15) is 0 Å². The Labute approximate surface area is 168 Å². The molecule has 0 bridgehead atoms. The fourth-order valence-electron chi connectivity index (χ4n) is 3.20. The molecule has 0 radical (unpaired) electrons. The van der Waals surface area contributed by atoms with E-state index in [0.717, 1.165) is 19.3 Å². The predicted octanol–water partition coefficient (Wildman–Crippen LogP) is 3.30. The Morgan fingerprint density at radius 1 is 1.18 bits per heavy atom. The molecular weight excluding hydrogens is 354 g/mol. The third-order valence-corrected chi connectivity index (χ3v) is 5.00. The summed E-state index contributed by atoms with van der Waals surface area (Å²) >= 11 is 0. The van der Waals surface area contributed by atoms with Gasteiger partial charge in [-0.3, -0.25) is 14.4 Å². The minimum atomic E-state index is -0.159. The largest absolute Gasteiger partial charge is 0.356 e. The first kappa shape index (κ1) is 21.9. The molecule has 6 nitrogen and oxygen atoms in total. The lowest BCUT2D eigenvalue weighted by Gasteiger charge is -2.32. The number of benzene rings is 1. The Hall–Kier alpha value is -2.37. The molecule has 2 N–H and O–H groups in total. The van der Waals surface area contributed by atoms with E-state index in [1.807, 2.05) is 13.8 Å². The van der Waals surface area contributed by atoms with Crippen LogP contribution < -0.4 is 10.6 Å². The molecule has 28 heavy (non-hydrogen) atoms. The van der Waals surface area contributed by atoms with Crippen LogP contribution in [0.2, 0.25) is 0 Å². The lowest BCUT2D eigenvalue weighted by Crippen LogP contribution is -2.45. The standard InChI is InChI=1S/C22H33N3O3/c1-15(2)10-11-23-21(27)18-8-6-12-25(14-18)22(28)17-7-5-9-19(13-17)24-20(26)16(3)4/h5,7,9,13,15-16,18H,6,8,10-12,14H2,1-4H3,(H,23,27)(H,24,26)/t18-/m0/s1. The summed E-state index contributed by atoms with van der Waals surface area (Å²) in [6, 6.07) is 7.00. The third-order valence-electron chi connectivity index (χ3n) is 5.00. The Morgan fingerprint density at radius 2 is 1.93 bits per heavy atom.